The number of carbonyl (C=O) groups is 2. The van der Waals surface area contributed by atoms with Crippen LogP contribution in [0.4, 0.5) is 0 Å². The van der Waals surface area contributed by atoms with Gasteiger partial charge in [0, 0.05) is 12.8 Å². The van der Waals surface area contributed by atoms with E-state index in [-0.39, 0.29) is 32.3 Å². The van der Waals surface area contributed by atoms with Gasteiger partial charge in [-0.1, -0.05) is 145 Å². The minimum Gasteiger partial charge on any atom is -0.756 e. The largest absolute Gasteiger partial charge is 0.756 e. The Kier molecular flexibility index (Phi) is 35.8. The maximum atomic E-state index is 12.7. The molecule has 0 spiro atoms. The predicted molar refractivity (Wildman–Crippen MR) is 235 cm³/mol. The van der Waals surface area contributed by atoms with Gasteiger partial charge in [0.2, 0.25) is 0 Å². The predicted octanol–water partition coefficient (Wildman–Crippen LogP) is 8.74. The molecule has 0 saturated carbocycles. The van der Waals surface area contributed by atoms with Crippen molar-refractivity contribution in [2.24, 2.45) is 0 Å². The SMILES string of the molecule is CCCCCCCC/C=C\CCCCCCCC(=O)O[C@H](COC(=O)CCC[C@@H](O)[C@H](O)/C=C/C=C/C=C\C=C\[C@H](O)CCCCC)COP(=O)([O-])OCC[N+](C)(C)C. The zero-order valence-corrected chi connectivity index (χ0v) is 38.2. The second kappa shape index (κ2) is 37.4. The Morgan fingerprint density at radius 2 is 1.19 bits per heavy atom. The maximum Gasteiger partial charge on any atom is 0.306 e. The molecule has 12 nitrogen and oxygen atoms in total. The van der Waals surface area contributed by atoms with Crippen molar-refractivity contribution in [3.63, 3.8) is 0 Å². The first-order valence-electron chi connectivity index (χ1n) is 22.3. The highest BCUT2D eigenvalue weighted by molar-refractivity contribution is 7.45. The van der Waals surface area contributed by atoms with E-state index in [2.05, 4.69) is 26.0 Å². The highest BCUT2D eigenvalue weighted by atomic mass is 31.2. The molecule has 1 unspecified atom stereocenters. The summed E-state index contributed by atoms with van der Waals surface area (Å²) in [6, 6.07) is 0. The van der Waals surface area contributed by atoms with Crippen LogP contribution in [0.1, 0.15) is 149 Å². The highest BCUT2D eigenvalue weighted by Gasteiger charge is 2.22. The third kappa shape index (κ3) is 39.5. The van der Waals surface area contributed by atoms with E-state index in [9.17, 15) is 34.4 Å². The van der Waals surface area contributed by atoms with E-state index in [4.69, 9.17) is 18.5 Å². The zero-order chi connectivity index (χ0) is 44.0. The third-order valence-corrected chi connectivity index (χ3v) is 10.3. The molecule has 342 valence electrons. The highest BCUT2D eigenvalue weighted by Crippen LogP contribution is 2.38. The van der Waals surface area contributed by atoms with Gasteiger partial charge in [-0.05, 0) is 51.4 Å². The second-order valence-electron chi connectivity index (χ2n) is 16.3. The average molecular weight is 856 g/mol. The van der Waals surface area contributed by atoms with Crippen LogP contribution in [0, 0.1) is 0 Å². The van der Waals surface area contributed by atoms with Crippen LogP contribution in [0.15, 0.2) is 60.8 Å². The summed E-state index contributed by atoms with van der Waals surface area (Å²) in [6.07, 6.45) is 33.3. The minimum atomic E-state index is -4.71. The maximum absolute atomic E-state index is 12.7. The van der Waals surface area contributed by atoms with Crippen molar-refractivity contribution in [1.82, 2.24) is 0 Å². The number of unbranched alkanes of at least 4 members (excludes halogenated alkanes) is 13. The topological polar surface area (TPSA) is 172 Å². The molecule has 3 N–H and O–H groups in total. The fourth-order valence-electron chi connectivity index (χ4n) is 5.68. The van der Waals surface area contributed by atoms with Crippen molar-refractivity contribution in [2.75, 3.05) is 47.5 Å². The summed E-state index contributed by atoms with van der Waals surface area (Å²) >= 11 is 0. The van der Waals surface area contributed by atoms with Crippen LogP contribution in [0.3, 0.4) is 0 Å². The number of nitrogens with zero attached hydrogens (tertiary/aromatic N) is 1. The molecule has 59 heavy (non-hydrogen) atoms. The summed E-state index contributed by atoms with van der Waals surface area (Å²) < 4.78 is 33.6. The third-order valence-electron chi connectivity index (χ3n) is 9.38. The molecule has 0 radical (unpaired) electrons. The number of quaternary nitrogens is 1. The van der Waals surface area contributed by atoms with Crippen molar-refractivity contribution in [3.8, 4) is 0 Å². The molecule has 0 fully saturated rings. The van der Waals surface area contributed by atoms with Crippen molar-refractivity contribution in [3.05, 3.63) is 60.8 Å². The van der Waals surface area contributed by atoms with Crippen LogP contribution in [-0.2, 0) is 32.7 Å². The van der Waals surface area contributed by atoms with Crippen LogP contribution in [0.5, 0.6) is 0 Å². The number of aliphatic hydroxyl groups excluding tert-OH is 3. The Morgan fingerprint density at radius 3 is 1.81 bits per heavy atom. The lowest BCUT2D eigenvalue weighted by Gasteiger charge is -2.28. The molecule has 0 aliphatic rings. The molecule has 0 aliphatic carbocycles. The fourth-order valence-corrected chi connectivity index (χ4v) is 6.41. The molecule has 0 aromatic rings. The summed E-state index contributed by atoms with van der Waals surface area (Å²) in [5, 5.41) is 30.5. The minimum absolute atomic E-state index is 0.0797. The number of ether oxygens (including phenoxy) is 2. The number of phosphoric acid groups is 1. The Bertz CT molecular complexity index is 1240. The molecule has 0 aliphatic heterocycles. The van der Waals surface area contributed by atoms with E-state index in [0.717, 1.165) is 64.2 Å². The van der Waals surface area contributed by atoms with Crippen molar-refractivity contribution in [1.29, 1.82) is 0 Å². The van der Waals surface area contributed by atoms with Crippen LogP contribution in [0.25, 0.3) is 0 Å². The lowest BCUT2D eigenvalue weighted by Crippen LogP contribution is -2.37. The van der Waals surface area contributed by atoms with Gasteiger partial charge in [-0.25, -0.2) is 0 Å². The number of carbonyl (C=O) groups excluding carboxylic acids is 2. The molecule has 0 aromatic carbocycles. The number of likely N-dealkylation sites (N-methyl/N-ethyl adjacent to an activating group) is 1. The van der Waals surface area contributed by atoms with E-state index in [1.54, 1.807) is 42.5 Å². The molecule has 13 heteroatoms. The normalized spacial score (nSPS) is 15.7. The van der Waals surface area contributed by atoms with Gasteiger partial charge < -0.3 is 43.2 Å². The first-order chi connectivity index (χ1) is 28.2. The lowest BCUT2D eigenvalue weighted by molar-refractivity contribution is -0.870. The van der Waals surface area contributed by atoms with Gasteiger partial charge >= 0.3 is 11.9 Å². The van der Waals surface area contributed by atoms with Gasteiger partial charge in [0.1, 0.15) is 19.8 Å². The van der Waals surface area contributed by atoms with Gasteiger partial charge in [0.25, 0.3) is 7.82 Å². The monoisotopic (exact) mass is 856 g/mol. The van der Waals surface area contributed by atoms with Crippen LogP contribution < -0.4 is 4.89 Å². The average Bonchev–Trinajstić information content (AvgIpc) is 3.17. The molecule has 0 amide bonds. The van der Waals surface area contributed by atoms with Gasteiger partial charge in [-0.3, -0.25) is 14.2 Å². The number of hydrogen-bond acceptors (Lipinski definition) is 11. The molecule has 0 rings (SSSR count). The van der Waals surface area contributed by atoms with Gasteiger partial charge in [-0.15, -0.1) is 0 Å². The summed E-state index contributed by atoms with van der Waals surface area (Å²) in [5.41, 5.74) is 0. The van der Waals surface area contributed by atoms with Crippen molar-refractivity contribution in [2.45, 2.75) is 173 Å². The van der Waals surface area contributed by atoms with E-state index < -0.39 is 57.4 Å². The molecule has 0 bridgehead atoms. The molecular formula is C46H82NO11P. The van der Waals surface area contributed by atoms with E-state index in [0.29, 0.717) is 17.4 Å². The Labute approximate surface area is 357 Å². The van der Waals surface area contributed by atoms with Crippen LogP contribution in [0.2, 0.25) is 0 Å². The molecule has 0 saturated heterocycles. The molecular weight excluding hydrogens is 773 g/mol. The van der Waals surface area contributed by atoms with Gasteiger partial charge in [-0.2, -0.15) is 0 Å². The summed E-state index contributed by atoms with van der Waals surface area (Å²) in [5.74, 6) is -1.18. The number of allylic oxidation sites excluding steroid dienone is 8. The van der Waals surface area contributed by atoms with Gasteiger partial charge in [0.05, 0.1) is 46.1 Å². The second-order valence-corrected chi connectivity index (χ2v) is 17.7. The van der Waals surface area contributed by atoms with E-state index in [1.807, 2.05) is 21.1 Å². The molecule has 0 aromatic heterocycles. The van der Waals surface area contributed by atoms with Crippen LogP contribution in [-0.4, -0.2) is 104 Å². The van der Waals surface area contributed by atoms with Crippen molar-refractivity contribution >= 4 is 19.8 Å². The van der Waals surface area contributed by atoms with E-state index >= 15 is 0 Å². The number of phosphoric ester groups is 1. The number of rotatable bonds is 39. The first-order valence-corrected chi connectivity index (χ1v) is 23.8. The summed E-state index contributed by atoms with van der Waals surface area (Å²) in [4.78, 5) is 37.6. The van der Waals surface area contributed by atoms with Crippen molar-refractivity contribution < 1.29 is 57.4 Å². The quantitative estimate of drug-likeness (QED) is 0.0135. The first kappa shape index (κ1) is 56.6. The number of esters is 2. The zero-order valence-electron chi connectivity index (χ0n) is 37.3. The smallest absolute Gasteiger partial charge is 0.306 e. The van der Waals surface area contributed by atoms with Gasteiger partial charge in [0.15, 0.2) is 6.10 Å². The number of hydrogen-bond donors (Lipinski definition) is 3. The lowest BCUT2D eigenvalue weighted by atomic mass is 10.1. The standard InChI is InChI=1S/C46H82NO11P/c1-6-8-10-11-12-13-14-15-16-17-18-19-20-25-29-35-46(52)58-42(40-57-59(53,54)56-38-37-47(3,4)5)39-55-45(51)36-30-34-44(50)43(49)33-28-24-22-21-23-27-32-41(48)31-26-9-7-2/h15-16,21-24,27-28,32-33,41-44,48-50H,6-14,17-20,25-26,29-31,34-40H2,1-5H3/b16-15-,23-21-,24-22+,32-27+,33-28+/t41-,42-,43-,44-/m1/s1. The Morgan fingerprint density at radius 1 is 0.644 bits per heavy atom. The molecule has 5 atom stereocenters. The number of aliphatic hydroxyl groups is 3. The fraction of sp³-hybridized carbons (Fsp3) is 0.739. The Hall–Kier alpha value is -2.41. The van der Waals surface area contributed by atoms with Crippen LogP contribution >= 0.6 is 7.82 Å². The summed E-state index contributed by atoms with van der Waals surface area (Å²) in [6.45, 7) is 3.69. The van der Waals surface area contributed by atoms with E-state index in [1.165, 1.54) is 44.6 Å². The Balaban J connectivity index is 4.70. The summed E-state index contributed by atoms with van der Waals surface area (Å²) in [7, 11) is 0.963. The molecule has 0 heterocycles.